The molecule has 1 aromatic rings. The topological polar surface area (TPSA) is 46.6 Å². The van der Waals surface area contributed by atoms with Crippen LogP contribution >= 0.6 is 0 Å². The highest BCUT2D eigenvalue weighted by molar-refractivity contribution is 7.89. The summed E-state index contributed by atoms with van der Waals surface area (Å²) in [7, 11) is -3.03. The lowest BCUT2D eigenvalue weighted by molar-refractivity contribution is 0.266. The number of hydrogen-bond acceptors (Lipinski definition) is 3. The van der Waals surface area contributed by atoms with Crippen molar-refractivity contribution in [3.05, 3.63) is 29.8 Å². The predicted molar refractivity (Wildman–Crippen MR) is 71.3 cm³/mol. The maximum atomic E-state index is 11.7. The number of rotatable bonds is 4. The number of hydrogen-bond donors (Lipinski definition) is 0. The smallest absolute Gasteiger partial charge is 0.214 e. The van der Waals surface area contributed by atoms with Crippen molar-refractivity contribution in [1.82, 2.24) is 4.31 Å². The Bertz CT molecular complexity index is 481. The van der Waals surface area contributed by atoms with Gasteiger partial charge < -0.3 is 4.74 Å². The lowest BCUT2D eigenvalue weighted by Gasteiger charge is -2.25. The first-order valence-corrected chi connectivity index (χ1v) is 7.86. The van der Waals surface area contributed by atoms with Gasteiger partial charge in [-0.15, -0.1) is 0 Å². The first-order chi connectivity index (χ1) is 8.58. The molecule has 0 saturated carbocycles. The van der Waals surface area contributed by atoms with Gasteiger partial charge in [0.2, 0.25) is 10.0 Å². The molecular weight excluding hydrogens is 250 g/mol. The van der Waals surface area contributed by atoms with Crippen molar-refractivity contribution in [3.8, 4) is 5.75 Å². The Morgan fingerprint density at radius 3 is 2.61 bits per heavy atom. The van der Waals surface area contributed by atoms with Crippen molar-refractivity contribution in [2.45, 2.75) is 19.8 Å². The van der Waals surface area contributed by atoms with Crippen LogP contribution in [0.3, 0.4) is 0 Å². The van der Waals surface area contributed by atoms with E-state index in [0.717, 1.165) is 18.6 Å². The molecule has 5 heteroatoms. The van der Waals surface area contributed by atoms with E-state index in [-0.39, 0.29) is 5.75 Å². The Kier molecular flexibility index (Phi) is 4.24. The third kappa shape index (κ3) is 3.46. The van der Waals surface area contributed by atoms with E-state index in [1.54, 1.807) is 0 Å². The first-order valence-electron chi connectivity index (χ1n) is 6.25. The molecule has 100 valence electrons. The minimum atomic E-state index is -3.03. The molecular formula is C13H19NO3S. The highest BCUT2D eigenvalue weighted by Gasteiger charge is 2.25. The van der Waals surface area contributed by atoms with Gasteiger partial charge in [-0.3, -0.25) is 0 Å². The molecule has 1 saturated heterocycles. The van der Waals surface area contributed by atoms with E-state index in [1.165, 1.54) is 9.87 Å². The van der Waals surface area contributed by atoms with Crippen LogP contribution in [0.25, 0.3) is 0 Å². The van der Waals surface area contributed by atoms with E-state index in [1.807, 2.05) is 31.2 Å². The summed E-state index contributed by atoms with van der Waals surface area (Å²) in [6.45, 7) is 3.49. The predicted octanol–water partition coefficient (Wildman–Crippen LogP) is 1.80. The minimum Gasteiger partial charge on any atom is -0.492 e. The molecule has 0 aliphatic carbocycles. The zero-order valence-corrected chi connectivity index (χ0v) is 11.4. The van der Waals surface area contributed by atoms with E-state index >= 15 is 0 Å². The first kappa shape index (κ1) is 13.4. The van der Waals surface area contributed by atoms with Crippen LogP contribution in [0.1, 0.15) is 18.4 Å². The maximum Gasteiger partial charge on any atom is 0.214 e. The zero-order chi connectivity index (χ0) is 13.0. The van der Waals surface area contributed by atoms with Crippen molar-refractivity contribution >= 4 is 10.0 Å². The molecule has 2 rings (SSSR count). The molecule has 1 aliphatic heterocycles. The number of sulfonamides is 1. The summed E-state index contributed by atoms with van der Waals surface area (Å²) < 4.78 is 30.6. The molecule has 1 fully saturated rings. The van der Waals surface area contributed by atoms with Crippen molar-refractivity contribution < 1.29 is 13.2 Å². The summed E-state index contributed by atoms with van der Waals surface area (Å²) >= 11 is 0. The third-order valence-corrected chi connectivity index (χ3v) is 5.04. The summed E-state index contributed by atoms with van der Waals surface area (Å²) in [5.74, 6) is 1.06. The van der Waals surface area contributed by atoms with Crippen LogP contribution in [0.4, 0.5) is 0 Å². The van der Waals surface area contributed by atoms with Gasteiger partial charge in [0.05, 0.1) is 5.75 Å². The SMILES string of the molecule is Cc1ccc(OCCN2CCCCS2(=O)=O)cc1. The fourth-order valence-electron chi connectivity index (χ4n) is 1.99. The van der Waals surface area contributed by atoms with Crippen LogP contribution < -0.4 is 4.74 Å². The summed E-state index contributed by atoms with van der Waals surface area (Å²) in [6.07, 6.45) is 1.72. The standard InChI is InChI=1S/C13H19NO3S/c1-12-4-6-13(7-5-12)17-10-9-14-8-2-3-11-18(14,15)16/h4-7H,2-3,8-11H2,1H3. The molecule has 1 aliphatic rings. The van der Waals surface area contributed by atoms with Gasteiger partial charge in [-0.1, -0.05) is 17.7 Å². The Morgan fingerprint density at radius 1 is 1.22 bits per heavy atom. The molecule has 0 unspecified atom stereocenters. The Labute approximate surface area is 109 Å². The Hall–Kier alpha value is -1.07. The molecule has 0 spiro atoms. The van der Waals surface area contributed by atoms with Crippen LogP contribution in [-0.4, -0.2) is 38.2 Å². The van der Waals surface area contributed by atoms with Gasteiger partial charge in [0.1, 0.15) is 12.4 Å². The number of nitrogens with zero attached hydrogens (tertiary/aromatic N) is 1. The van der Waals surface area contributed by atoms with Gasteiger partial charge in [-0.05, 0) is 31.9 Å². The monoisotopic (exact) mass is 269 g/mol. The third-order valence-electron chi connectivity index (χ3n) is 3.08. The van der Waals surface area contributed by atoms with Crippen molar-refractivity contribution in [2.24, 2.45) is 0 Å². The fraction of sp³-hybridized carbons (Fsp3) is 0.538. The summed E-state index contributed by atoms with van der Waals surface area (Å²) in [6, 6.07) is 7.76. The maximum absolute atomic E-state index is 11.7. The molecule has 0 radical (unpaired) electrons. The lowest BCUT2D eigenvalue weighted by Crippen LogP contribution is -2.40. The van der Waals surface area contributed by atoms with Crippen LogP contribution in [0.2, 0.25) is 0 Å². The van der Waals surface area contributed by atoms with Gasteiger partial charge in [-0.25, -0.2) is 8.42 Å². The van der Waals surface area contributed by atoms with E-state index < -0.39 is 10.0 Å². The quantitative estimate of drug-likeness (QED) is 0.837. The average Bonchev–Trinajstić information content (AvgIpc) is 2.33. The van der Waals surface area contributed by atoms with Gasteiger partial charge in [0, 0.05) is 13.1 Å². The van der Waals surface area contributed by atoms with Crippen molar-refractivity contribution in [1.29, 1.82) is 0 Å². The molecule has 0 atom stereocenters. The number of benzene rings is 1. The molecule has 4 nitrogen and oxygen atoms in total. The molecule has 0 N–H and O–H groups in total. The Balaban J connectivity index is 1.83. The normalized spacial score (nSPS) is 19.6. The minimum absolute atomic E-state index is 0.275. The lowest BCUT2D eigenvalue weighted by atomic mass is 10.2. The van der Waals surface area contributed by atoms with Crippen LogP contribution in [0.15, 0.2) is 24.3 Å². The van der Waals surface area contributed by atoms with Crippen molar-refractivity contribution in [2.75, 3.05) is 25.4 Å². The largest absolute Gasteiger partial charge is 0.492 e. The second-order valence-corrected chi connectivity index (χ2v) is 6.67. The zero-order valence-electron chi connectivity index (χ0n) is 10.6. The van der Waals surface area contributed by atoms with Crippen LogP contribution in [0, 0.1) is 6.92 Å². The highest BCUT2D eigenvalue weighted by atomic mass is 32.2. The molecule has 1 aromatic carbocycles. The van der Waals surface area contributed by atoms with Gasteiger partial charge in [0.25, 0.3) is 0 Å². The average molecular weight is 269 g/mol. The number of aryl methyl sites for hydroxylation is 1. The van der Waals surface area contributed by atoms with Crippen LogP contribution in [-0.2, 0) is 10.0 Å². The van der Waals surface area contributed by atoms with E-state index in [9.17, 15) is 8.42 Å². The van der Waals surface area contributed by atoms with Crippen LogP contribution in [0.5, 0.6) is 5.75 Å². The van der Waals surface area contributed by atoms with Gasteiger partial charge in [-0.2, -0.15) is 4.31 Å². The van der Waals surface area contributed by atoms with Crippen molar-refractivity contribution in [3.63, 3.8) is 0 Å². The molecule has 0 aromatic heterocycles. The van der Waals surface area contributed by atoms with E-state index in [4.69, 9.17) is 4.74 Å². The second-order valence-electron chi connectivity index (χ2n) is 4.58. The summed E-state index contributed by atoms with van der Waals surface area (Å²) in [5.41, 5.74) is 1.18. The molecule has 0 amide bonds. The highest BCUT2D eigenvalue weighted by Crippen LogP contribution is 2.14. The fourth-order valence-corrected chi connectivity index (χ4v) is 3.58. The van der Waals surface area contributed by atoms with Gasteiger partial charge >= 0.3 is 0 Å². The number of ether oxygens (including phenoxy) is 1. The Morgan fingerprint density at radius 2 is 1.94 bits per heavy atom. The van der Waals surface area contributed by atoms with E-state index in [0.29, 0.717) is 19.7 Å². The van der Waals surface area contributed by atoms with Gasteiger partial charge in [0.15, 0.2) is 0 Å². The van der Waals surface area contributed by atoms with E-state index in [2.05, 4.69) is 0 Å². The molecule has 0 bridgehead atoms. The molecule has 18 heavy (non-hydrogen) atoms. The second kappa shape index (κ2) is 5.71. The molecule has 1 heterocycles. The summed E-state index contributed by atoms with van der Waals surface area (Å²) in [5, 5.41) is 0. The summed E-state index contributed by atoms with van der Waals surface area (Å²) in [4.78, 5) is 0.